The second-order valence-corrected chi connectivity index (χ2v) is 6.03. The van der Waals surface area contributed by atoms with Crippen molar-refractivity contribution in [2.75, 3.05) is 0 Å². The number of hydroxylamine groups is 2. The van der Waals surface area contributed by atoms with Crippen LogP contribution in [0.3, 0.4) is 0 Å². The lowest BCUT2D eigenvalue weighted by molar-refractivity contribution is -0.121. The molecule has 3 rings (SSSR count). The van der Waals surface area contributed by atoms with E-state index < -0.39 is 0 Å². The SMILES string of the molecule is Cc1ccc(C#C[C@H](c2ccccc2)N(O)Cc2ccccc2)cc1. The van der Waals surface area contributed by atoms with Gasteiger partial charge in [0.15, 0.2) is 0 Å². The van der Waals surface area contributed by atoms with E-state index >= 15 is 0 Å². The average Bonchev–Trinajstić information content (AvgIpc) is 2.65. The van der Waals surface area contributed by atoms with Crippen LogP contribution < -0.4 is 0 Å². The summed E-state index contributed by atoms with van der Waals surface area (Å²) in [6.07, 6.45) is 0. The van der Waals surface area contributed by atoms with Gasteiger partial charge >= 0.3 is 0 Å². The van der Waals surface area contributed by atoms with Crippen LogP contribution in [-0.4, -0.2) is 10.3 Å². The van der Waals surface area contributed by atoms with Gasteiger partial charge in [-0.25, -0.2) is 0 Å². The van der Waals surface area contributed by atoms with Crippen LogP contribution in [0.5, 0.6) is 0 Å². The largest absolute Gasteiger partial charge is 0.312 e. The van der Waals surface area contributed by atoms with Gasteiger partial charge in [-0.3, -0.25) is 0 Å². The first-order valence-corrected chi connectivity index (χ1v) is 8.35. The first kappa shape index (κ1) is 17.0. The molecule has 3 aromatic carbocycles. The molecule has 25 heavy (non-hydrogen) atoms. The van der Waals surface area contributed by atoms with Crippen molar-refractivity contribution in [3.05, 3.63) is 107 Å². The first-order chi connectivity index (χ1) is 12.2. The fourth-order valence-electron chi connectivity index (χ4n) is 2.62. The molecule has 0 spiro atoms. The Hall–Kier alpha value is -2.86. The molecule has 124 valence electrons. The molecular formula is C23H21NO. The molecule has 1 atom stereocenters. The van der Waals surface area contributed by atoms with E-state index in [2.05, 4.69) is 18.8 Å². The minimum absolute atomic E-state index is 0.386. The van der Waals surface area contributed by atoms with Crippen molar-refractivity contribution >= 4 is 0 Å². The molecule has 2 nitrogen and oxygen atoms in total. The predicted molar refractivity (Wildman–Crippen MR) is 101 cm³/mol. The van der Waals surface area contributed by atoms with E-state index in [9.17, 15) is 5.21 Å². The first-order valence-electron chi connectivity index (χ1n) is 8.35. The second kappa shape index (κ2) is 8.30. The Morgan fingerprint density at radius 2 is 1.44 bits per heavy atom. The Balaban J connectivity index is 1.86. The summed E-state index contributed by atoms with van der Waals surface area (Å²) in [5.41, 5.74) is 4.17. The minimum Gasteiger partial charge on any atom is -0.312 e. The number of hydrogen-bond donors (Lipinski definition) is 1. The maximum atomic E-state index is 10.7. The van der Waals surface area contributed by atoms with Crippen LogP contribution in [0.1, 0.15) is 28.3 Å². The summed E-state index contributed by atoms with van der Waals surface area (Å²) >= 11 is 0. The summed E-state index contributed by atoms with van der Waals surface area (Å²) in [5.74, 6) is 6.40. The highest BCUT2D eigenvalue weighted by Crippen LogP contribution is 2.20. The number of rotatable bonds is 4. The summed E-state index contributed by atoms with van der Waals surface area (Å²) in [4.78, 5) is 0. The number of benzene rings is 3. The van der Waals surface area contributed by atoms with Gasteiger partial charge in [-0.1, -0.05) is 90.2 Å². The van der Waals surface area contributed by atoms with Crippen molar-refractivity contribution in [2.45, 2.75) is 19.5 Å². The average molecular weight is 327 g/mol. The van der Waals surface area contributed by atoms with Crippen LogP contribution in [0, 0.1) is 18.8 Å². The number of aryl methyl sites for hydroxylation is 1. The van der Waals surface area contributed by atoms with Gasteiger partial charge in [0.25, 0.3) is 0 Å². The van der Waals surface area contributed by atoms with Crippen LogP contribution >= 0.6 is 0 Å². The maximum Gasteiger partial charge on any atom is 0.121 e. The normalized spacial score (nSPS) is 11.6. The lowest BCUT2D eigenvalue weighted by atomic mass is 10.1. The topological polar surface area (TPSA) is 23.5 Å². The summed E-state index contributed by atoms with van der Waals surface area (Å²) in [5, 5.41) is 12.0. The molecule has 0 aliphatic heterocycles. The summed E-state index contributed by atoms with van der Waals surface area (Å²) < 4.78 is 0. The lowest BCUT2D eigenvalue weighted by Gasteiger charge is -2.22. The smallest absolute Gasteiger partial charge is 0.121 e. The highest BCUT2D eigenvalue weighted by Gasteiger charge is 2.16. The van der Waals surface area contributed by atoms with Gasteiger partial charge in [0.1, 0.15) is 6.04 Å². The summed E-state index contributed by atoms with van der Waals surface area (Å²) in [6.45, 7) is 2.47. The third-order valence-electron chi connectivity index (χ3n) is 4.01. The predicted octanol–water partition coefficient (Wildman–Crippen LogP) is 4.98. The molecule has 2 heteroatoms. The van der Waals surface area contributed by atoms with Gasteiger partial charge in [0, 0.05) is 5.56 Å². The molecule has 0 amide bonds. The zero-order valence-electron chi connectivity index (χ0n) is 14.3. The quantitative estimate of drug-likeness (QED) is 0.540. The van der Waals surface area contributed by atoms with Crippen LogP contribution in [0.25, 0.3) is 0 Å². The third kappa shape index (κ3) is 4.81. The van der Waals surface area contributed by atoms with Gasteiger partial charge in [-0.15, -0.1) is 0 Å². The molecule has 0 heterocycles. The Morgan fingerprint density at radius 1 is 0.840 bits per heavy atom. The van der Waals surface area contributed by atoms with Crippen molar-refractivity contribution in [3.8, 4) is 11.8 Å². The molecule has 0 aliphatic rings. The summed E-state index contributed by atoms with van der Waals surface area (Å²) in [6, 6.07) is 27.5. The maximum absolute atomic E-state index is 10.7. The third-order valence-corrected chi connectivity index (χ3v) is 4.01. The lowest BCUT2D eigenvalue weighted by Crippen LogP contribution is -2.24. The van der Waals surface area contributed by atoms with Gasteiger partial charge in [0.2, 0.25) is 0 Å². The van der Waals surface area contributed by atoms with Crippen molar-refractivity contribution in [2.24, 2.45) is 0 Å². The van der Waals surface area contributed by atoms with E-state index in [-0.39, 0.29) is 6.04 Å². The highest BCUT2D eigenvalue weighted by molar-refractivity contribution is 5.39. The number of hydrogen-bond acceptors (Lipinski definition) is 2. The number of nitrogens with zero attached hydrogens (tertiary/aromatic N) is 1. The van der Waals surface area contributed by atoms with E-state index in [4.69, 9.17) is 0 Å². The molecule has 0 aromatic heterocycles. The van der Waals surface area contributed by atoms with Crippen molar-refractivity contribution in [1.29, 1.82) is 0 Å². The van der Waals surface area contributed by atoms with Gasteiger partial charge < -0.3 is 5.21 Å². The van der Waals surface area contributed by atoms with Crippen molar-refractivity contribution in [1.82, 2.24) is 5.06 Å². The van der Waals surface area contributed by atoms with Gasteiger partial charge in [0.05, 0.1) is 6.54 Å². The molecule has 1 N–H and O–H groups in total. The molecule has 0 saturated heterocycles. The van der Waals surface area contributed by atoms with Crippen LogP contribution in [0.4, 0.5) is 0 Å². The Labute approximate surface area is 149 Å². The molecule has 0 saturated carbocycles. The van der Waals surface area contributed by atoms with Crippen LogP contribution in [-0.2, 0) is 6.54 Å². The van der Waals surface area contributed by atoms with E-state index in [1.807, 2.05) is 84.9 Å². The van der Waals surface area contributed by atoms with Crippen LogP contribution in [0.2, 0.25) is 0 Å². The van der Waals surface area contributed by atoms with Crippen molar-refractivity contribution < 1.29 is 5.21 Å². The van der Waals surface area contributed by atoms with Crippen LogP contribution in [0.15, 0.2) is 84.9 Å². The van der Waals surface area contributed by atoms with E-state index in [1.54, 1.807) is 0 Å². The van der Waals surface area contributed by atoms with Gasteiger partial charge in [-0.05, 0) is 30.2 Å². The molecule has 0 aliphatic carbocycles. The van der Waals surface area contributed by atoms with E-state index in [0.29, 0.717) is 6.54 Å². The standard InChI is InChI=1S/C23H21NO/c1-19-12-14-20(15-13-19)16-17-23(22-10-6-3-7-11-22)24(25)18-21-8-4-2-5-9-21/h2-15,23,25H,18H2,1H3/t23-/m1/s1. The fourth-order valence-corrected chi connectivity index (χ4v) is 2.62. The minimum atomic E-state index is -0.386. The molecule has 3 aromatic rings. The second-order valence-electron chi connectivity index (χ2n) is 6.03. The monoisotopic (exact) mass is 327 g/mol. The highest BCUT2D eigenvalue weighted by atomic mass is 16.5. The molecule has 0 unspecified atom stereocenters. The summed E-state index contributed by atoms with van der Waals surface area (Å²) in [7, 11) is 0. The fraction of sp³-hybridized carbons (Fsp3) is 0.130. The Bertz CT molecular complexity index is 845. The molecule has 0 fully saturated rings. The molecular weight excluding hydrogens is 306 g/mol. The Kier molecular flexibility index (Phi) is 5.64. The van der Waals surface area contributed by atoms with Gasteiger partial charge in [-0.2, -0.15) is 5.06 Å². The molecule has 0 radical (unpaired) electrons. The molecule has 0 bridgehead atoms. The Morgan fingerprint density at radius 3 is 2.08 bits per heavy atom. The zero-order chi connectivity index (χ0) is 17.5. The van der Waals surface area contributed by atoms with E-state index in [0.717, 1.165) is 16.7 Å². The van der Waals surface area contributed by atoms with E-state index in [1.165, 1.54) is 10.6 Å². The van der Waals surface area contributed by atoms with Crippen molar-refractivity contribution in [3.63, 3.8) is 0 Å². The zero-order valence-corrected chi connectivity index (χ0v) is 14.3.